The van der Waals surface area contributed by atoms with Crippen molar-refractivity contribution in [1.82, 2.24) is 10.2 Å². The van der Waals surface area contributed by atoms with Gasteiger partial charge < -0.3 is 10.6 Å². The molecular formula is C17H20BrN3O2S. The topological polar surface area (TPSA) is 61.4 Å². The molecule has 7 heteroatoms. The molecule has 0 aliphatic heterocycles. The Morgan fingerprint density at radius 1 is 1.25 bits per heavy atom. The van der Waals surface area contributed by atoms with Crippen molar-refractivity contribution in [2.75, 3.05) is 25.5 Å². The maximum Gasteiger partial charge on any atom is 0.243 e. The lowest BCUT2D eigenvalue weighted by molar-refractivity contribution is -0.124. The van der Waals surface area contributed by atoms with E-state index in [1.807, 2.05) is 54.6 Å². The third kappa shape index (κ3) is 6.07. The first-order chi connectivity index (χ1) is 11.4. The van der Waals surface area contributed by atoms with E-state index >= 15 is 0 Å². The van der Waals surface area contributed by atoms with E-state index in [9.17, 15) is 9.59 Å². The zero-order valence-corrected chi connectivity index (χ0v) is 16.0. The molecule has 0 saturated carbocycles. The highest BCUT2D eigenvalue weighted by atomic mass is 79.9. The minimum atomic E-state index is -0.241. The van der Waals surface area contributed by atoms with Gasteiger partial charge >= 0.3 is 0 Å². The lowest BCUT2D eigenvalue weighted by Crippen LogP contribution is -2.39. The molecule has 1 heterocycles. The standard InChI is InChI=1S/C17H20BrN3O2S/c1-12-8-13(18)5-6-15(12)20-16(22)9-19-17(23)11-21(2)10-14-4-3-7-24-14/h3-8H,9-11H2,1-2H3,(H,19,23)(H,20,22). The summed E-state index contributed by atoms with van der Waals surface area (Å²) < 4.78 is 0.958. The number of hydrogen-bond donors (Lipinski definition) is 2. The van der Waals surface area contributed by atoms with Gasteiger partial charge in [0.25, 0.3) is 0 Å². The van der Waals surface area contributed by atoms with Gasteiger partial charge in [-0.15, -0.1) is 11.3 Å². The fourth-order valence-electron chi connectivity index (χ4n) is 2.17. The summed E-state index contributed by atoms with van der Waals surface area (Å²) in [5.74, 6) is -0.411. The van der Waals surface area contributed by atoms with Gasteiger partial charge in [-0.05, 0) is 49.2 Å². The fourth-order valence-corrected chi connectivity index (χ4v) is 3.43. The zero-order valence-electron chi connectivity index (χ0n) is 13.6. The van der Waals surface area contributed by atoms with Crippen LogP contribution in [0.4, 0.5) is 5.69 Å². The van der Waals surface area contributed by atoms with Crippen LogP contribution in [0, 0.1) is 6.92 Å². The zero-order chi connectivity index (χ0) is 17.5. The highest BCUT2D eigenvalue weighted by molar-refractivity contribution is 9.10. The molecule has 0 atom stereocenters. The van der Waals surface area contributed by atoms with E-state index in [1.54, 1.807) is 11.3 Å². The van der Waals surface area contributed by atoms with Crippen LogP contribution in [0.5, 0.6) is 0 Å². The highest BCUT2D eigenvalue weighted by Crippen LogP contribution is 2.19. The molecule has 0 saturated heterocycles. The van der Waals surface area contributed by atoms with E-state index in [2.05, 4.69) is 26.6 Å². The Morgan fingerprint density at radius 2 is 2.04 bits per heavy atom. The number of aryl methyl sites for hydroxylation is 1. The summed E-state index contributed by atoms with van der Waals surface area (Å²) in [6.07, 6.45) is 0. The molecule has 0 radical (unpaired) electrons. The number of likely N-dealkylation sites (N-methyl/N-ethyl adjacent to an activating group) is 1. The van der Waals surface area contributed by atoms with Gasteiger partial charge in [0, 0.05) is 21.6 Å². The second-order valence-electron chi connectivity index (χ2n) is 5.54. The summed E-state index contributed by atoms with van der Waals surface area (Å²) in [6, 6.07) is 9.64. The van der Waals surface area contributed by atoms with Crippen molar-refractivity contribution in [1.29, 1.82) is 0 Å². The molecule has 0 spiro atoms. The molecule has 128 valence electrons. The number of hydrogen-bond acceptors (Lipinski definition) is 4. The second-order valence-corrected chi connectivity index (χ2v) is 7.48. The predicted octanol–water partition coefficient (Wildman–Crippen LogP) is 3.01. The maximum absolute atomic E-state index is 11.9. The number of halogens is 1. The molecule has 1 aromatic carbocycles. The first kappa shape index (κ1) is 18.6. The number of benzene rings is 1. The normalized spacial score (nSPS) is 10.7. The van der Waals surface area contributed by atoms with Crippen LogP contribution in [0.25, 0.3) is 0 Å². The van der Waals surface area contributed by atoms with Crippen LogP contribution in [0.1, 0.15) is 10.4 Å². The van der Waals surface area contributed by atoms with Crippen molar-refractivity contribution in [3.8, 4) is 0 Å². The SMILES string of the molecule is Cc1cc(Br)ccc1NC(=O)CNC(=O)CN(C)Cc1cccs1. The summed E-state index contributed by atoms with van der Waals surface area (Å²) in [5, 5.41) is 7.45. The number of thiophene rings is 1. The largest absolute Gasteiger partial charge is 0.346 e. The van der Waals surface area contributed by atoms with Crippen LogP contribution in [0.3, 0.4) is 0 Å². The third-order valence-corrected chi connectivity index (χ3v) is 4.68. The van der Waals surface area contributed by atoms with Gasteiger partial charge in [0.1, 0.15) is 0 Å². The Kier molecular flexibility index (Phi) is 6.96. The van der Waals surface area contributed by atoms with E-state index in [1.165, 1.54) is 4.88 Å². The third-order valence-electron chi connectivity index (χ3n) is 3.33. The van der Waals surface area contributed by atoms with Crippen LogP contribution in [-0.4, -0.2) is 36.9 Å². The van der Waals surface area contributed by atoms with Gasteiger partial charge in [-0.3, -0.25) is 14.5 Å². The number of rotatable bonds is 7. The van der Waals surface area contributed by atoms with Crippen LogP contribution in [0.15, 0.2) is 40.2 Å². The van der Waals surface area contributed by atoms with Crippen LogP contribution in [-0.2, 0) is 16.1 Å². The molecule has 24 heavy (non-hydrogen) atoms. The highest BCUT2D eigenvalue weighted by Gasteiger charge is 2.10. The number of amides is 2. The van der Waals surface area contributed by atoms with Gasteiger partial charge in [0.05, 0.1) is 13.1 Å². The van der Waals surface area contributed by atoms with E-state index in [0.29, 0.717) is 0 Å². The number of carbonyl (C=O) groups is 2. The molecule has 0 fully saturated rings. The summed E-state index contributed by atoms with van der Waals surface area (Å²) in [4.78, 5) is 27.0. The van der Waals surface area contributed by atoms with Crippen molar-refractivity contribution in [2.45, 2.75) is 13.5 Å². The Labute approximate surface area is 154 Å². The van der Waals surface area contributed by atoms with Gasteiger partial charge in [-0.2, -0.15) is 0 Å². The molecule has 5 nitrogen and oxygen atoms in total. The molecule has 2 rings (SSSR count). The quantitative estimate of drug-likeness (QED) is 0.738. The number of nitrogens with one attached hydrogen (secondary N) is 2. The Morgan fingerprint density at radius 3 is 2.71 bits per heavy atom. The molecule has 2 amide bonds. The molecule has 0 bridgehead atoms. The lowest BCUT2D eigenvalue weighted by Gasteiger charge is -2.15. The van der Waals surface area contributed by atoms with Gasteiger partial charge in [0.15, 0.2) is 0 Å². The second kappa shape index (κ2) is 8.96. The van der Waals surface area contributed by atoms with Crippen molar-refractivity contribution < 1.29 is 9.59 Å². The summed E-state index contributed by atoms with van der Waals surface area (Å²) >= 11 is 5.04. The summed E-state index contributed by atoms with van der Waals surface area (Å²) in [7, 11) is 1.88. The maximum atomic E-state index is 11.9. The Balaban J connectivity index is 1.73. The van der Waals surface area contributed by atoms with Crippen LogP contribution >= 0.6 is 27.3 Å². The average molecular weight is 410 g/mol. The van der Waals surface area contributed by atoms with E-state index in [0.717, 1.165) is 22.3 Å². The monoisotopic (exact) mass is 409 g/mol. The molecule has 0 aliphatic rings. The van der Waals surface area contributed by atoms with Crippen molar-refractivity contribution in [3.05, 3.63) is 50.6 Å². The summed E-state index contributed by atoms with van der Waals surface area (Å²) in [6.45, 7) is 2.84. The van der Waals surface area contributed by atoms with Gasteiger partial charge in [-0.1, -0.05) is 22.0 Å². The Hall–Kier alpha value is -1.70. The van der Waals surface area contributed by atoms with Crippen LogP contribution < -0.4 is 10.6 Å². The van der Waals surface area contributed by atoms with Crippen molar-refractivity contribution >= 4 is 44.8 Å². The van der Waals surface area contributed by atoms with Gasteiger partial charge in [0.2, 0.25) is 11.8 Å². The minimum absolute atomic E-state index is 0.0405. The molecule has 0 unspecified atom stereocenters. The van der Waals surface area contributed by atoms with Gasteiger partial charge in [-0.25, -0.2) is 0 Å². The summed E-state index contributed by atoms with van der Waals surface area (Å²) in [5.41, 5.74) is 1.70. The van der Waals surface area contributed by atoms with E-state index in [4.69, 9.17) is 0 Å². The number of nitrogens with zero attached hydrogens (tertiary/aromatic N) is 1. The molecule has 2 N–H and O–H groups in total. The van der Waals surface area contributed by atoms with Crippen molar-refractivity contribution in [2.24, 2.45) is 0 Å². The van der Waals surface area contributed by atoms with E-state index in [-0.39, 0.29) is 24.9 Å². The average Bonchev–Trinajstić information content (AvgIpc) is 3.01. The lowest BCUT2D eigenvalue weighted by atomic mass is 10.2. The number of anilines is 1. The first-order valence-electron chi connectivity index (χ1n) is 7.47. The smallest absolute Gasteiger partial charge is 0.243 e. The Bertz CT molecular complexity index is 704. The number of carbonyl (C=O) groups excluding carboxylic acids is 2. The fraction of sp³-hybridized carbons (Fsp3) is 0.294. The van der Waals surface area contributed by atoms with Crippen molar-refractivity contribution in [3.63, 3.8) is 0 Å². The van der Waals surface area contributed by atoms with E-state index < -0.39 is 0 Å². The van der Waals surface area contributed by atoms with Crippen LogP contribution in [0.2, 0.25) is 0 Å². The first-order valence-corrected chi connectivity index (χ1v) is 9.15. The molecule has 2 aromatic rings. The minimum Gasteiger partial charge on any atom is -0.346 e. The predicted molar refractivity (Wildman–Crippen MR) is 101 cm³/mol. The molecule has 0 aliphatic carbocycles. The molecular weight excluding hydrogens is 390 g/mol. The molecule has 1 aromatic heterocycles.